The van der Waals surface area contributed by atoms with E-state index in [1.807, 2.05) is 23.5 Å². The number of hydrogen-bond acceptors (Lipinski definition) is 5. The van der Waals surface area contributed by atoms with Crippen molar-refractivity contribution in [3.8, 4) is 0 Å². The molecule has 5 nitrogen and oxygen atoms in total. The average Bonchev–Trinajstić information content (AvgIpc) is 3.13. The fourth-order valence-electron chi connectivity index (χ4n) is 7.31. The third kappa shape index (κ3) is 11.5. The standard InChI is InChI=1S/C43H61N3O2S2Si2.HI/c1-42(2,3)51(37-21-13-9-14-22-37,38-23-15-10-16-24-38)47-33-35(29-31-49-7)45-41(44)46-36(30-32-50-8)34-48-52(43(4,5)6,39-25-17-11-18-26-39)40-27-19-12-20-28-40;/h9-28,35-36H,29-34H2,1-8H3,(H3,44,45,46);1H/t35-,36-;/m0./s1. The van der Waals surface area contributed by atoms with Gasteiger partial charge in [0.15, 0.2) is 5.96 Å². The Morgan fingerprint density at radius 2 is 0.943 bits per heavy atom. The molecule has 0 aliphatic heterocycles. The molecule has 4 aromatic rings. The molecule has 0 amide bonds. The molecule has 3 N–H and O–H groups in total. The second-order valence-electron chi connectivity index (χ2n) is 15.5. The molecule has 0 aliphatic carbocycles. The second kappa shape index (κ2) is 21.3. The van der Waals surface area contributed by atoms with E-state index in [-0.39, 0.29) is 46.1 Å². The zero-order valence-corrected chi connectivity index (χ0v) is 39.0. The van der Waals surface area contributed by atoms with Crippen molar-refractivity contribution in [2.24, 2.45) is 10.7 Å². The summed E-state index contributed by atoms with van der Waals surface area (Å²) in [6.45, 7) is 14.9. The van der Waals surface area contributed by atoms with Gasteiger partial charge in [0, 0.05) is 0 Å². The maximum absolute atomic E-state index is 7.36. The van der Waals surface area contributed by atoms with E-state index in [1.54, 1.807) is 0 Å². The number of hydrogen-bond donors (Lipinski definition) is 2. The van der Waals surface area contributed by atoms with Gasteiger partial charge < -0.3 is 19.9 Å². The quantitative estimate of drug-likeness (QED) is 0.0459. The summed E-state index contributed by atoms with van der Waals surface area (Å²) in [5.41, 5.74) is 6.85. The molecule has 10 heteroatoms. The van der Waals surface area contributed by atoms with Crippen molar-refractivity contribution in [3.05, 3.63) is 121 Å². The minimum Gasteiger partial charge on any atom is -0.405 e. The van der Waals surface area contributed by atoms with Crippen molar-refractivity contribution in [1.29, 1.82) is 0 Å². The first-order valence-corrected chi connectivity index (χ1v) is 25.1. The first kappa shape index (κ1) is 45.3. The summed E-state index contributed by atoms with van der Waals surface area (Å²) < 4.78 is 14.7. The Hall–Kier alpha value is -2.07. The summed E-state index contributed by atoms with van der Waals surface area (Å²) in [5, 5.41) is 8.50. The SMILES string of the molecule is CSCC[C@@H](CO[Si](c1ccccc1)(c1ccccc1)C(C)(C)C)N=C(N)N[C@@H](CCSC)CO[Si](c1ccccc1)(c1ccccc1)C(C)(C)C.I. The number of nitrogens with zero attached hydrogens (tertiary/aromatic N) is 1. The summed E-state index contributed by atoms with van der Waals surface area (Å²) in [6, 6.07) is 43.2. The highest BCUT2D eigenvalue weighted by Crippen LogP contribution is 2.38. The molecule has 0 unspecified atom stereocenters. The molecule has 2 atom stereocenters. The topological polar surface area (TPSA) is 68.9 Å². The summed E-state index contributed by atoms with van der Waals surface area (Å²) in [5.74, 6) is 2.41. The smallest absolute Gasteiger partial charge is 0.261 e. The van der Waals surface area contributed by atoms with Gasteiger partial charge in [0.1, 0.15) is 0 Å². The number of nitrogens with one attached hydrogen (secondary N) is 1. The largest absolute Gasteiger partial charge is 0.405 e. The highest BCUT2D eigenvalue weighted by Gasteiger charge is 2.51. The molecule has 0 aromatic heterocycles. The number of nitrogens with two attached hydrogens (primary N) is 1. The lowest BCUT2D eigenvalue weighted by molar-refractivity contribution is 0.257. The molecule has 0 saturated carbocycles. The number of rotatable bonds is 18. The van der Waals surface area contributed by atoms with Crippen molar-refractivity contribution in [2.45, 2.75) is 76.5 Å². The van der Waals surface area contributed by atoms with Gasteiger partial charge in [0.05, 0.1) is 25.3 Å². The van der Waals surface area contributed by atoms with Gasteiger partial charge in [-0.25, -0.2) is 4.99 Å². The van der Waals surface area contributed by atoms with Crippen LogP contribution in [0.2, 0.25) is 10.1 Å². The van der Waals surface area contributed by atoms with E-state index >= 15 is 0 Å². The molecule has 4 aromatic carbocycles. The Bertz CT molecular complexity index is 1560. The van der Waals surface area contributed by atoms with E-state index in [9.17, 15) is 0 Å². The van der Waals surface area contributed by atoms with Crippen molar-refractivity contribution in [3.63, 3.8) is 0 Å². The lowest BCUT2D eigenvalue weighted by atomic mass is 10.2. The van der Waals surface area contributed by atoms with Gasteiger partial charge in [-0.3, -0.25) is 0 Å². The molecule has 0 spiro atoms. The number of benzene rings is 4. The van der Waals surface area contributed by atoms with Gasteiger partial charge in [-0.1, -0.05) is 163 Å². The molecule has 0 fully saturated rings. The number of guanidine groups is 1. The van der Waals surface area contributed by atoms with Crippen LogP contribution in [0.5, 0.6) is 0 Å². The minimum absolute atomic E-state index is 0. The first-order chi connectivity index (χ1) is 24.9. The normalized spacial score (nSPS) is 13.9. The van der Waals surface area contributed by atoms with Crippen molar-refractivity contribution in [1.82, 2.24) is 5.32 Å². The monoisotopic (exact) mass is 899 g/mol. The van der Waals surface area contributed by atoms with Gasteiger partial charge in [-0.2, -0.15) is 23.5 Å². The molecule has 53 heavy (non-hydrogen) atoms. The van der Waals surface area contributed by atoms with Gasteiger partial charge >= 0.3 is 0 Å². The Labute approximate surface area is 348 Å². The predicted molar refractivity (Wildman–Crippen MR) is 251 cm³/mol. The van der Waals surface area contributed by atoms with Crippen LogP contribution in [0, 0.1) is 0 Å². The molecule has 0 saturated heterocycles. The van der Waals surface area contributed by atoms with Gasteiger partial charge in [0.25, 0.3) is 16.6 Å². The number of thioether (sulfide) groups is 2. The minimum atomic E-state index is -2.72. The lowest BCUT2D eigenvalue weighted by Gasteiger charge is -2.44. The van der Waals surface area contributed by atoms with Crippen LogP contribution in [-0.4, -0.2) is 71.9 Å². The van der Waals surface area contributed by atoms with Crippen LogP contribution >= 0.6 is 47.5 Å². The third-order valence-electron chi connectivity index (χ3n) is 9.83. The van der Waals surface area contributed by atoms with E-state index in [0.29, 0.717) is 19.2 Å². The highest BCUT2D eigenvalue weighted by molar-refractivity contribution is 14.0. The highest BCUT2D eigenvalue weighted by atomic mass is 127. The van der Waals surface area contributed by atoms with Crippen LogP contribution in [-0.2, 0) is 8.85 Å². The maximum Gasteiger partial charge on any atom is 0.261 e. The lowest BCUT2D eigenvalue weighted by Crippen LogP contribution is -2.67. The summed E-state index contributed by atoms with van der Waals surface area (Å²) in [4.78, 5) is 5.16. The summed E-state index contributed by atoms with van der Waals surface area (Å²) in [7, 11) is -5.44. The van der Waals surface area contributed by atoms with Gasteiger partial charge in [0.2, 0.25) is 0 Å². The number of aliphatic imine (C=N–C) groups is 1. The molecule has 0 radical (unpaired) electrons. The van der Waals surface area contributed by atoms with E-state index in [0.717, 1.165) is 24.3 Å². The molecule has 0 heterocycles. The van der Waals surface area contributed by atoms with Crippen LogP contribution < -0.4 is 31.8 Å². The molecule has 288 valence electrons. The Balaban J connectivity index is 0.00000756. The fraction of sp³-hybridized carbons (Fsp3) is 0.419. The van der Waals surface area contributed by atoms with Crippen LogP contribution in [0.3, 0.4) is 0 Å². The van der Waals surface area contributed by atoms with Crippen molar-refractivity contribution < 1.29 is 8.85 Å². The summed E-state index contributed by atoms with van der Waals surface area (Å²) >= 11 is 3.67. The van der Waals surface area contributed by atoms with Crippen molar-refractivity contribution in [2.75, 3.05) is 37.2 Å². The third-order valence-corrected chi connectivity index (χ3v) is 21.1. The maximum atomic E-state index is 7.36. The van der Waals surface area contributed by atoms with Gasteiger partial charge in [-0.15, -0.1) is 24.0 Å². The Morgan fingerprint density at radius 3 is 1.28 bits per heavy atom. The van der Waals surface area contributed by atoms with Crippen LogP contribution in [0.25, 0.3) is 0 Å². The Kier molecular flexibility index (Phi) is 18.2. The van der Waals surface area contributed by atoms with E-state index in [4.69, 9.17) is 19.6 Å². The molecule has 4 rings (SSSR count). The first-order valence-electron chi connectivity index (χ1n) is 18.5. The van der Waals surface area contributed by atoms with E-state index in [2.05, 4.69) is 181 Å². The zero-order valence-electron chi connectivity index (χ0n) is 33.0. The van der Waals surface area contributed by atoms with Crippen LogP contribution in [0.4, 0.5) is 0 Å². The zero-order chi connectivity index (χ0) is 37.7. The summed E-state index contributed by atoms with van der Waals surface area (Å²) in [6.07, 6.45) is 6.07. The fourth-order valence-corrected chi connectivity index (χ4v) is 17.5. The predicted octanol–water partition coefficient (Wildman–Crippen LogP) is 7.91. The second-order valence-corrected chi connectivity index (χ2v) is 26.1. The molecule has 0 aliphatic rings. The van der Waals surface area contributed by atoms with Crippen LogP contribution in [0.1, 0.15) is 54.4 Å². The molecular formula is C43H62IN3O2S2Si2. The van der Waals surface area contributed by atoms with E-state index in [1.165, 1.54) is 20.7 Å². The van der Waals surface area contributed by atoms with Gasteiger partial charge in [-0.05, 0) is 67.7 Å². The average molecular weight is 900 g/mol. The van der Waals surface area contributed by atoms with Crippen LogP contribution in [0.15, 0.2) is 126 Å². The number of halogens is 1. The van der Waals surface area contributed by atoms with E-state index < -0.39 is 16.6 Å². The molecule has 0 bridgehead atoms. The molecular weight excluding hydrogens is 838 g/mol. The van der Waals surface area contributed by atoms with Crippen molar-refractivity contribution >= 4 is 90.8 Å². The Morgan fingerprint density at radius 1 is 0.604 bits per heavy atom.